The first-order chi connectivity index (χ1) is 8.90. The molecular weight excluding hydrogens is 330 g/mol. The summed E-state index contributed by atoms with van der Waals surface area (Å²) < 4.78 is 25.3. The van der Waals surface area contributed by atoms with E-state index in [0.29, 0.717) is 13.0 Å². The summed E-state index contributed by atoms with van der Waals surface area (Å²) in [6.45, 7) is 0.541. The van der Waals surface area contributed by atoms with E-state index in [1.807, 2.05) is 28.8 Å². The first kappa shape index (κ1) is 14.6. The molecule has 1 aromatic carbocycles. The number of aliphatic hydroxyl groups excluding tert-OH is 1. The van der Waals surface area contributed by atoms with Gasteiger partial charge in [0.25, 0.3) is 0 Å². The van der Waals surface area contributed by atoms with Crippen LogP contribution in [0.1, 0.15) is 12.1 Å². The van der Waals surface area contributed by atoms with Gasteiger partial charge in [0.05, 0.1) is 12.4 Å². The topological polar surface area (TPSA) is 59.3 Å². The molecule has 0 amide bonds. The van der Waals surface area contributed by atoms with E-state index in [4.69, 9.17) is 0 Å². The summed E-state index contributed by atoms with van der Waals surface area (Å²) in [5, 5.41) is 10.4. The Morgan fingerprint density at radius 3 is 2.68 bits per heavy atom. The molecule has 4 nitrogen and oxygen atoms in total. The Bertz CT molecular complexity index is 691. The van der Waals surface area contributed by atoms with Gasteiger partial charge in [-0.25, -0.2) is 8.42 Å². The second-order valence-electron chi connectivity index (χ2n) is 4.63. The van der Waals surface area contributed by atoms with Crippen molar-refractivity contribution >= 4 is 36.7 Å². The molecule has 0 aliphatic heterocycles. The summed E-state index contributed by atoms with van der Waals surface area (Å²) in [7, 11) is -2.94. The van der Waals surface area contributed by atoms with Crippen molar-refractivity contribution in [2.45, 2.75) is 19.6 Å². The molecule has 6 heteroatoms. The summed E-state index contributed by atoms with van der Waals surface area (Å²) in [5.74, 6) is 0.161. The standard InChI is InChI=1S/C13H16BrNO3S/c1-19(17,18)6-2-5-15-12(9-16)8-10-7-11(14)3-4-13(10)15/h3-4,7-8,16H,2,5-6,9H2,1H3. The molecule has 104 valence electrons. The van der Waals surface area contributed by atoms with Crippen molar-refractivity contribution in [3.05, 3.63) is 34.4 Å². The van der Waals surface area contributed by atoms with E-state index in [1.54, 1.807) is 0 Å². The van der Waals surface area contributed by atoms with E-state index in [0.717, 1.165) is 21.1 Å². The number of aliphatic hydroxyl groups is 1. The summed E-state index contributed by atoms with van der Waals surface area (Å²) in [4.78, 5) is 0. The molecule has 0 radical (unpaired) electrons. The number of aryl methyl sites for hydroxylation is 1. The van der Waals surface area contributed by atoms with Crippen molar-refractivity contribution in [2.24, 2.45) is 0 Å². The van der Waals surface area contributed by atoms with Crippen molar-refractivity contribution in [3.8, 4) is 0 Å². The van der Waals surface area contributed by atoms with Gasteiger partial charge in [-0.3, -0.25) is 0 Å². The zero-order chi connectivity index (χ0) is 14.0. The van der Waals surface area contributed by atoms with Gasteiger partial charge >= 0.3 is 0 Å². The molecule has 19 heavy (non-hydrogen) atoms. The molecule has 2 aromatic rings. The Kier molecular flexibility index (Phi) is 4.32. The molecule has 2 rings (SSSR count). The summed E-state index contributed by atoms with van der Waals surface area (Å²) >= 11 is 3.42. The highest BCUT2D eigenvalue weighted by Gasteiger charge is 2.09. The molecule has 1 heterocycles. The number of nitrogens with zero attached hydrogens (tertiary/aromatic N) is 1. The maximum absolute atomic E-state index is 11.2. The third kappa shape index (κ3) is 3.58. The van der Waals surface area contributed by atoms with Crippen molar-refractivity contribution in [1.82, 2.24) is 4.57 Å². The van der Waals surface area contributed by atoms with Crippen LogP contribution in [0, 0.1) is 0 Å². The predicted octanol–water partition coefficient (Wildman–Crippen LogP) is 2.33. The van der Waals surface area contributed by atoms with E-state index < -0.39 is 9.84 Å². The largest absolute Gasteiger partial charge is 0.390 e. The molecule has 0 spiro atoms. The van der Waals surface area contributed by atoms with Gasteiger partial charge in [-0.15, -0.1) is 0 Å². The molecule has 0 aliphatic carbocycles. The fraction of sp³-hybridized carbons (Fsp3) is 0.385. The molecule has 0 atom stereocenters. The zero-order valence-corrected chi connectivity index (χ0v) is 13.0. The number of sulfone groups is 1. The van der Waals surface area contributed by atoms with Crippen molar-refractivity contribution < 1.29 is 13.5 Å². The quantitative estimate of drug-likeness (QED) is 0.904. The van der Waals surface area contributed by atoms with E-state index in [9.17, 15) is 13.5 Å². The van der Waals surface area contributed by atoms with Gasteiger partial charge in [-0.1, -0.05) is 15.9 Å². The van der Waals surface area contributed by atoms with Gasteiger partial charge in [0.15, 0.2) is 0 Å². The summed E-state index contributed by atoms with van der Waals surface area (Å²) in [5.41, 5.74) is 1.82. The second-order valence-corrected chi connectivity index (χ2v) is 7.81. The fourth-order valence-corrected chi connectivity index (χ4v) is 3.21. The van der Waals surface area contributed by atoms with Crippen molar-refractivity contribution in [2.75, 3.05) is 12.0 Å². The van der Waals surface area contributed by atoms with Crippen molar-refractivity contribution in [1.29, 1.82) is 0 Å². The van der Waals surface area contributed by atoms with Crippen LogP contribution >= 0.6 is 15.9 Å². The minimum atomic E-state index is -2.94. The number of halogens is 1. The second kappa shape index (κ2) is 5.64. The molecule has 1 N–H and O–H groups in total. The predicted molar refractivity (Wildman–Crippen MR) is 79.9 cm³/mol. The van der Waals surface area contributed by atoms with Crippen LogP contribution in [-0.4, -0.2) is 30.1 Å². The average molecular weight is 346 g/mol. The lowest BCUT2D eigenvalue weighted by molar-refractivity contribution is 0.271. The van der Waals surface area contributed by atoms with E-state index in [2.05, 4.69) is 15.9 Å². The Balaban J connectivity index is 2.30. The average Bonchev–Trinajstić information content (AvgIpc) is 2.65. The Labute approximate surface area is 121 Å². The third-order valence-electron chi connectivity index (χ3n) is 3.01. The summed E-state index contributed by atoms with van der Waals surface area (Å²) in [6.07, 6.45) is 1.79. The highest BCUT2D eigenvalue weighted by molar-refractivity contribution is 9.10. The number of fused-ring (bicyclic) bond motifs is 1. The third-order valence-corrected chi connectivity index (χ3v) is 4.53. The molecule has 1 aromatic heterocycles. The zero-order valence-electron chi connectivity index (χ0n) is 10.6. The number of benzene rings is 1. The molecule has 0 saturated carbocycles. The monoisotopic (exact) mass is 345 g/mol. The number of aromatic nitrogens is 1. The number of hydrogen-bond donors (Lipinski definition) is 1. The van der Waals surface area contributed by atoms with Gasteiger partial charge < -0.3 is 9.67 Å². The van der Waals surface area contributed by atoms with Crippen LogP contribution in [0.3, 0.4) is 0 Å². The number of rotatable bonds is 5. The number of hydrogen-bond acceptors (Lipinski definition) is 3. The maximum Gasteiger partial charge on any atom is 0.147 e. The summed E-state index contributed by atoms with van der Waals surface area (Å²) in [6, 6.07) is 7.83. The first-order valence-electron chi connectivity index (χ1n) is 5.97. The van der Waals surface area contributed by atoms with Crippen LogP contribution in [0.4, 0.5) is 0 Å². The molecule has 0 fully saturated rings. The Morgan fingerprint density at radius 1 is 1.32 bits per heavy atom. The lowest BCUT2D eigenvalue weighted by Crippen LogP contribution is -2.09. The van der Waals surface area contributed by atoms with Crippen LogP contribution in [0.5, 0.6) is 0 Å². The lowest BCUT2D eigenvalue weighted by Gasteiger charge is -2.08. The smallest absolute Gasteiger partial charge is 0.147 e. The SMILES string of the molecule is CS(=O)(=O)CCCn1c(CO)cc2cc(Br)ccc21. The van der Waals surface area contributed by atoms with Gasteiger partial charge in [-0.05, 0) is 30.7 Å². The van der Waals surface area contributed by atoms with Crippen LogP contribution in [0.15, 0.2) is 28.7 Å². The normalized spacial score (nSPS) is 12.2. The van der Waals surface area contributed by atoms with Crippen LogP contribution in [-0.2, 0) is 23.0 Å². The van der Waals surface area contributed by atoms with Crippen LogP contribution < -0.4 is 0 Å². The Hall–Kier alpha value is -0.850. The van der Waals surface area contributed by atoms with Crippen LogP contribution in [0.25, 0.3) is 10.9 Å². The maximum atomic E-state index is 11.2. The van der Waals surface area contributed by atoms with Gasteiger partial charge in [0.2, 0.25) is 0 Å². The molecule has 0 bridgehead atoms. The molecule has 0 aliphatic rings. The van der Waals surface area contributed by atoms with Gasteiger partial charge in [0, 0.05) is 33.9 Å². The fourth-order valence-electron chi connectivity index (χ4n) is 2.18. The van der Waals surface area contributed by atoms with E-state index in [-0.39, 0.29) is 12.4 Å². The minimum absolute atomic E-state index is 0.0504. The molecule has 0 unspecified atom stereocenters. The highest BCUT2D eigenvalue weighted by atomic mass is 79.9. The van der Waals surface area contributed by atoms with Gasteiger partial charge in [0.1, 0.15) is 9.84 Å². The van der Waals surface area contributed by atoms with E-state index >= 15 is 0 Å². The molecule has 0 saturated heterocycles. The minimum Gasteiger partial charge on any atom is -0.390 e. The van der Waals surface area contributed by atoms with Gasteiger partial charge in [-0.2, -0.15) is 0 Å². The lowest BCUT2D eigenvalue weighted by atomic mass is 10.2. The molecular formula is C13H16BrNO3S. The first-order valence-corrected chi connectivity index (χ1v) is 8.82. The van der Waals surface area contributed by atoms with E-state index in [1.165, 1.54) is 6.26 Å². The van der Waals surface area contributed by atoms with Crippen molar-refractivity contribution in [3.63, 3.8) is 0 Å². The van der Waals surface area contributed by atoms with Crippen LogP contribution in [0.2, 0.25) is 0 Å². The Morgan fingerprint density at radius 2 is 2.05 bits per heavy atom. The highest BCUT2D eigenvalue weighted by Crippen LogP contribution is 2.24.